The van der Waals surface area contributed by atoms with Crippen LogP contribution in [0.3, 0.4) is 0 Å². The van der Waals surface area contributed by atoms with Gasteiger partial charge in [0.2, 0.25) is 5.91 Å². The van der Waals surface area contributed by atoms with Crippen molar-refractivity contribution in [2.45, 2.75) is 25.0 Å². The van der Waals surface area contributed by atoms with E-state index < -0.39 is 0 Å². The van der Waals surface area contributed by atoms with Crippen LogP contribution in [-0.2, 0) is 14.3 Å². The Bertz CT molecular complexity index is 640. The summed E-state index contributed by atoms with van der Waals surface area (Å²) in [7, 11) is 1.62. The Kier molecular flexibility index (Phi) is 5.81. The normalized spacial score (nSPS) is 20.5. The van der Waals surface area contributed by atoms with Crippen molar-refractivity contribution in [1.29, 1.82) is 0 Å². The summed E-state index contributed by atoms with van der Waals surface area (Å²) in [4.78, 5) is 11.9. The molecule has 7 nitrogen and oxygen atoms in total. The molecule has 1 fully saturated rings. The molecule has 0 saturated carbocycles. The highest BCUT2D eigenvalue weighted by Gasteiger charge is 2.28. The highest BCUT2D eigenvalue weighted by molar-refractivity contribution is 5.78. The van der Waals surface area contributed by atoms with E-state index in [0.29, 0.717) is 26.2 Å². The number of para-hydroxylation sites is 1. The molecule has 1 amide bonds. The van der Waals surface area contributed by atoms with Gasteiger partial charge in [-0.15, -0.1) is 0 Å². The molecular weight excluding hydrogens is 310 g/mol. The lowest BCUT2D eigenvalue weighted by Crippen LogP contribution is -2.44. The molecule has 1 saturated heterocycles. The van der Waals surface area contributed by atoms with Gasteiger partial charge in [-0.25, -0.2) is 10.9 Å². The van der Waals surface area contributed by atoms with Crippen LogP contribution in [0.15, 0.2) is 34.7 Å². The topological polar surface area (TPSA) is 84.8 Å². The summed E-state index contributed by atoms with van der Waals surface area (Å²) in [6.07, 6.45) is 0.919. The molecule has 0 aliphatic carbocycles. The van der Waals surface area contributed by atoms with Gasteiger partial charge in [-0.05, 0) is 12.1 Å². The number of nitrogens with one attached hydrogen (secondary N) is 3. The molecule has 24 heavy (non-hydrogen) atoms. The number of amides is 1. The average Bonchev–Trinajstić information content (AvgIpc) is 3.20. The standard InChI is InChI=1S/C17H23N3O4/c1-22-8-9-23-7-6-17(21)18-16-11-13(19-20-16)15-10-12-4-2-3-5-14(12)24-15/h2-5,10,13,16,19-20H,6-9,11H2,1H3,(H,18,21). The molecule has 2 aromatic rings. The third kappa shape index (κ3) is 4.33. The predicted octanol–water partition coefficient (Wildman–Crippen LogP) is 1.47. The number of carbonyl (C=O) groups excluding carboxylic acids is 1. The van der Waals surface area contributed by atoms with Crippen LogP contribution in [0.25, 0.3) is 11.0 Å². The Morgan fingerprint density at radius 2 is 2.17 bits per heavy atom. The Morgan fingerprint density at radius 3 is 3.00 bits per heavy atom. The van der Waals surface area contributed by atoms with Gasteiger partial charge >= 0.3 is 0 Å². The monoisotopic (exact) mass is 333 g/mol. The number of ether oxygens (including phenoxy) is 2. The highest BCUT2D eigenvalue weighted by Crippen LogP contribution is 2.27. The SMILES string of the molecule is COCCOCCC(=O)NC1CC(c2cc3ccccc3o2)NN1. The van der Waals surface area contributed by atoms with Gasteiger partial charge in [-0.2, -0.15) is 0 Å². The van der Waals surface area contributed by atoms with Crippen molar-refractivity contribution in [1.82, 2.24) is 16.2 Å². The first-order chi connectivity index (χ1) is 11.8. The number of hydrogen-bond acceptors (Lipinski definition) is 6. The quantitative estimate of drug-likeness (QED) is 0.635. The first-order valence-electron chi connectivity index (χ1n) is 8.12. The third-order valence-electron chi connectivity index (χ3n) is 3.93. The fourth-order valence-corrected chi connectivity index (χ4v) is 2.69. The van der Waals surface area contributed by atoms with Gasteiger partial charge in [0.05, 0.1) is 38.4 Å². The van der Waals surface area contributed by atoms with Gasteiger partial charge in [0, 0.05) is 18.9 Å². The molecule has 2 unspecified atom stereocenters. The van der Waals surface area contributed by atoms with E-state index in [2.05, 4.69) is 16.2 Å². The van der Waals surface area contributed by atoms with Gasteiger partial charge in [0.25, 0.3) is 0 Å². The number of hydrazine groups is 1. The minimum Gasteiger partial charge on any atom is -0.459 e. The maximum Gasteiger partial charge on any atom is 0.223 e. The fraction of sp³-hybridized carbons (Fsp3) is 0.471. The van der Waals surface area contributed by atoms with E-state index in [1.807, 2.05) is 30.3 Å². The van der Waals surface area contributed by atoms with E-state index in [4.69, 9.17) is 13.9 Å². The van der Waals surface area contributed by atoms with Gasteiger partial charge in [-0.1, -0.05) is 18.2 Å². The zero-order chi connectivity index (χ0) is 16.8. The summed E-state index contributed by atoms with van der Waals surface area (Å²) < 4.78 is 16.0. The van der Waals surface area contributed by atoms with Crippen LogP contribution in [0, 0.1) is 0 Å². The fourth-order valence-electron chi connectivity index (χ4n) is 2.69. The lowest BCUT2D eigenvalue weighted by molar-refractivity contribution is -0.123. The minimum absolute atomic E-state index is 0.0284. The second-order valence-electron chi connectivity index (χ2n) is 5.74. The summed E-state index contributed by atoms with van der Waals surface area (Å²) in [5, 5.41) is 4.02. The van der Waals surface area contributed by atoms with E-state index in [1.54, 1.807) is 7.11 Å². The molecule has 1 aromatic heterocycles. The van der Waals surface area contributed by atoms with Crippen LogP contribution in [0.2, 0.25) is 0 Å². The molecular formula is C17H23N3O4. The number of carbonyl (C=O) groups is 1. The number of benzene rings is 1. The zero-order valence-corrected chi connectivity index (χ0v) is 13.7. The Morgan fingerprint density at radius 1 is 1.29 bits per heavy atom. The van der Waals surface area contributed by atoms with E-state index in [1.165, 1.54) is 0 Å². The number of furan rings is 1. The van der Waals surface area contributed by atoms with Crippen molar-refractivity contribution < 1.29 is 18.7 Å². The van der Waals surface area contributed by atoms with E-state index in [-0.39, 0.29) is 18.1 Å². The van der Waals surface area contributed by atoms with Crippen LogP contribution in [-0.4, -0.2) is 39.0 Å². The summed E-state index contributed by atoms with van der Waals surface area (Å²) in [5.41, 5.74) is 7.13. The maximum absolute atomic E-state index is 11.9. The van der Waals surface area contributed by atoms with E-state index in [0.717, 1.165) is 23.2 Å². The summed E-state index contributed by atoms with van der Waals surface area (Å²) in [5.74, 6) is 0.820. The number of hydrogen-bond donors (Lipinski definition) is 3. The average molecular weight is 333 g/mol. The van der Waals surface area contributed by atoms with Crippen molar-refractivity contribution in [3.63, 3.8) is 0 Å². The molecule has 0 bridgehead atoms. The minimum atomic E-state index is -0.130. The number of methoxy groups -OCH3 is 1. The number of rotatable bonds is 8. The molecule has 1 aliphatic rings. The lowest BCUT2D eigenvalue weighted by atomic mass is 10.1. The molecule has 2 heterocycles. The Balaban J connectivity index is 1.44. The largest absolute Gasteiger partial charge is 0.459 e. The van der Waals surface area contributed by atoms with Crippen molar-refractivity contribution >= 4 is 16.9 Å². The number of fused-ring (bicyclic) bond motifs is 1. The molecule has 0 spiro atoms. The first-order valence-corrected chi connectivity index (χ1v) is 8.12. The van der Waals surface area contributed by atoms with Gasteiger partial charge < -0.3 is 19.2 Å². The molecule has 1 aliphatic heterocycles. The molecule has 2 atom stereocenters. The van der Waals surface area contributed by atoms with Crippen molar-refractivity contribution in [3.8, 4) is 0 Å². The first kappa shape index (κ1) is 16.9. The van der Waals surface area contributed by atoms with Crippen LogP contribution in [0.1, 0.15) is 24.6 Å². The molecule has 7 heteroatoms. The molecule has 130 valence electrons. The van der Waals surface area contributed by atoms with Gasteiger partial charge in [0.1, 0.15) is 11.3 Å². The predicted molar refractivity (Wildman–Crippen MR) is 89.1 cm³/mol. The molecule has 0 radical (unpaired) electrons. The van der Waals surface area contributed by atoms with Crippen molar-refractivity contribution in [3.05, 3.63) is 36.1 Å². The highest BCUT2D eigenvalue weighted by atomic mass is 16.5. The van der Waals surface area contributed by atoms with Gasteiger partial charge in [-0.3, -0.25) is 4.79 Å². The van der Waals surface area contributed by atoms with Gasteiger partial charge in [0.15, 0.2) is 0 Å². The second kappa shape index (κ2) is 8.25. The molecule has 3 rings (SSSR count). The van der Waals surface area contributed by atoms with Crippen molar-refractivity contribution in [2.24, 2.45) is 0 Å². The lowest BCUT2D eigenvalue weighted by Gasteiger charge is -2.12. The Hall–Kier alpha value is -1.93. The van der Waals surface area contributed by atoms with Crippen LogP contribution >= 0.6 is 0 Å². The second-order valence-corrected chi connectivity index (χ2v) is 5.74. The molecule has 1 aromatic carbocycles. The zero-order valence-electron chi connectivity index (χ0n) is 13.7. The van der Waals surface area contributed by atoms with Crippen LogP contribution in [0.4, 0.5) is 0 Å². The van der Waals surface area contributed by atoms with Crippen LogP contribution < -0.4 is 16.2 Å². The van der Waals surface area contributed by atoms with E-state index >= 15 is 0 Å². The van der Waals surface area contributed by atoms with E-state index in [9.17, 15) is 4.79 Å². The summed E-state index contributed by atoms with van der Waals surface area (Å²) >= 11 is 0. The third-order valence-corrected chi connectivity index (χ3v) is 3.93. The van der Waals surface area contributed by atoms with Crippen LogP contribution in [0.5, 0.6) is 0 Å². The smallest absolute Gasteiger partial charge is 0.223 e. The Labute approximate surface area is 140 Å². The van der Waals surface area contributed by atoms with Crippen molar-refractivity contribution in [2.75, 3.05) is 26.9 Å². The maximum atomic E-state index is 11.9. The summed E-state index contributed by atoms with van der Waals surface area (Å²) in [6, 6.07) is 9.97. The molecule has 3 N–H and O–H groups in total. The summed E-state index contributed by atoms with van der Waals surface area (Å²) in [6.45, 7) is 1.43.